The summed E-state index contributed by atoms with van der Waals surface area (Å²) in [6, 6.07) is 10.8. The predicted molar refractivity (Wildman–Crippen MR) is 83.2 cm³/mol. The van der Waals surface area contributed by atoms with E-state index < -0.39 is 13.3 Å². The summed E-state index contributed by atoms with van der Waals surface area (Å²) < 4.78 is 0.0690. The van der Waals surface area contributed by atoms with Crippen molar-refractivity contribution in [3.05, 3.63) is 35.9 Å². The summed E-state index contributed by atoms with van der Waals surface area (Å²) in [5.41, 5.74) is 1.39. The van der Waals surface area contributed by atoms with E-state index >= 15 is 0 Å². The molecule has 0 aliphatic heterocycles. The van der Waals surface area contributed by atoms with E-state index in [0.717, 1.165) is 0 Å². The monoisotopic (exact) mass is 408 g/mol. The summed E-state index contributed by atoms with van der Waals surface area (Å²) >= 11 is 6.07. The van der Waals surface area contributed by atoms with Crippen molar-refractivity contribution in [2.24, 2.45) is 0 Å². The Labute approximate surface area is 119 Å². The Bertz CT molecular complexity index is 310. The Kier molecular flexibility index (Phi) is 5.60. The fourth-order valence-electron chi connectivity index (χ4n) is 2.37. The van der Waals surface area contributed by atoms with Gasteiger partial charge in [-0.05, 0) is 0 Å². The number of rotatable bonds is 5. The van der Waals surface area contributed by atoms with E-state index in [-0.39, 0.29) is 2.07 Å². The Morgan fingerprint density at radius 1 is 0.938 bits per heavy atom. The number of hydrogen-bond donors (Lipinski definition) is 0. The molecule has 0 aliphatic rings. The van der Waals surface area contributed by atoms with Crippen LogP contribution in [0.4, 0.5) is 0 Å². The van der Waals surface area contributed by atoms with Crippen LogP contribution in [0, 0.1) is 0 Å². The topological polar surface area (TPSA) is 0 Å². The first-order valence-corrected chi connectivity index (χ1v) is 13.1. The Morgan fingerprint density at radius 2 is 1.38 bits per heavy atom. The van der Waals surface area contributed by atoms with Crippen molar-refractivity contribution in [1.82, 2.24) is 0 Å². The van der Waals surface area contributed by atoms with E-state index in [9.17, 15) is 0 Å². The molecule has 0 bridgehead atoms. The standard InChI is InChI=1S/C13H20Br2Ge/c1-4-16(5-2,6-3)13(14,15)12-10-8-7-9-11-12/h7-11H,4-6H2,1-3H3. The van der Waals surface area contributed by atoms with Gasteiger partial charge in [-0.2, -0.15) is 0 Å². The second kappa shape index (κ2) is 6.06. The van der Waals surface area contributed by atoms with E-state index in [4.69, 9.17) is 0 Å². The maximum absolute atomic E-state index is 3.99. The molecule has 0 nitrogen and oxygen atoms in total. The average molecular weight is 409 g/mol. The molecule has 1 aromatic carbocycles. The van der Waals surface area contributed by atoms with Gasteiger partial charge in [0.25, 0.3) is 0 Å². The zero-order valence-corrected chi connectivity index (χ0v) is 15.5. The average Bonchev–Trinajstić information content (AvgIpc) is 2.33. The van der Waals surface area contributed by atoms with Crippen molar-refractivity contribution in [2.75, 3.05) is 0 Å². The van der Waals surface area contributed by atoms with E-state index in [1.165, 1.54) is 21.3 Å². The number of benzene rings is 1. The van der Waals surface area contributed by atoms with Crippen LogP contribution < -0.4 is 0 Å². The van der Waals surface area contributed by atoms with Crippen molar-refractivity contribution in [2.45, 2.75) is 38.6 Å². The molecule has 0 unspecified atom stereocenters. The van der Waals surface area contributed by atoms with Crippen LogP contribution in [0.3, 0.4) is 0 Å². The molecule has 0 heterocycles. The van der Waals surface area contributed by atoms with Gasteiger partial charge in [-0.3, -0.25) is 0 Å². The minimum atomic E-state index is -1.92. The molecule has 16 heavy (non-hydrogen) atoms. The van der Waals surface area contributed by atoms with E-state index in [0.29, 0.717) is 0 Å². The molecule has 0 saturated heterocycles. The fourth-order valence-corrected chi connectivity index (χ4v) is 19.2. The van der Waals surface area contributed by atoms with Gasteiger partial charge in [0.1, 0.15) is 0 Å². The molecule has 0 amide bonds. The third kappa shape index (κ3) is 2.59. The van der Waals surface area contributed by atoms with Crippen LogP contribution in [-0.4, -0.2) is 13.3 Å². The Morgan fingerprint density at radius 3 is 1.75 bits per heavy atom. The molecule has 0 saturated carbocycles. The van der Waals surface area contributed by atoms with Gasteiger partial charge in [0.05, 0.1) is 0 Å². The van der Waals surface area contributed by atoms with Crippen molar-refractivity contribution in [1.29, 1.82) is 0 Å². The minimum absolute atomic E-state index is 0.0690. The van der Waals surface area contributed by atoms with Crippen LogP contribution in [0.1, 0.15) is 26.3 Å². The van der Waals surface area contributed by atoms with Gasteiger partial charge in [0, 0.05) is 0 Å². The van der Waals surface area contributed by atoms with E-state index in [1.807, 2.05) is 0 Å². The maximum atomic E-state index is 3.99. The van der Waals surface area contributed by atoms with Gasteiger partial charge < -0.3 is 0 Å². The number of halogens is 2. The Balaban J connectivity index is 3.18. The predicted octanol–water partition coefficient (Wildman–Crippen LogP) is 5.68. The van der Waals surface area contributed by atoms with E-state index in [1.54, 1.807) is 0 Å². The van der Waals surface area contributed by atoms with Crippen LogP contribution in [-0.2, 0) is 2.07 Å². The zero-order chi connectivity index (χ0) is 12.2. The van der Waals surface area contributed by atoms with Crippen LogP contribution >= 0.6 is 31.9 Å². The second-order valence-corrected chi connectivity index (χ2v) is 22.2. The van der Waals surface area contributed by atoms with Gasteiger partial charge in [0.2, 0.25) is 0 Å². The molecular weight excluding hydrogens is 389 g/mol. The van der Waals surface area contributed by atoms with Crippen LogP contribution in [0.2, 0.25) is 15.8 Å². The molecule has 0 radical (unpaired) electrons. The van der Waals surface area contributed by atoms with Gasteiger partial charge >= 0.3 is 120 Å². The molecule has 0 spiro atoms. The molecule has 0 fully saturated rings. The fraction of sp³-hybridized carbons (Fsp3) is 0.538. The van der Waals surface area contributed by atoms with Crippen molar-refractivity contribution < 1.29 is 0 Å². The van der Waals surface area contributed by atoms with Crippen molar-refractivity contribution in [3.63, 3.8) is 0 Å². The summed E-state index contributed by atoms with van der Waals surface area (Å²) in [6.45, 7) is 7.06. The molecular formula is C13H20Br2Ge. The normalized spacial score (nSPS) is 12.8. The van der Waals surface area contributed by atoms with Crippen LogP contribution in [0.15, 0.2) is 30.3 Å². The number of hydrogen-bond acceptors (Lipinski definition) is 0. The molecule has 0 N–H and O–H groups in total. The summed E-state index contributed by atoms with van der Waals surface area (Å²) in [6.07, 6.45) is 0. The van der Waals surface area contributed by atoms with Gasteiger partial charge in [-0.25, -0.2) is 0 Å². The molecule has 1 aromatic rings. The third-order valence-electron chi connectivity index (χ3n) is 3.83. The summed E-state index contributed by atoms with van der Waals surface area (Å²) in [5, 5.41) is 4.04. The first-order valence-electron chi connectivity index (χ1n) is 5.97. The molecule has 1 rings (SSSR count). The molecule has 0 aromatic heterocycles. The van der Waals surface area contributed by atoms with Crippen molar-refractivity contribution in [3.8, 4) is 0 Å². The van der Waals surface area contributed by atoms with Gasteiger partial charge in [-0.15, -0.1) is 0 Å². The van der Waals surface area contributed by atoms with Gasteiger partial charge in [-0.1, -0.05) is 0 Å². The van der Waals surface area contributed by atoms with Crippen LogP contribution in [0.25, 0.3) is 0 Å². The Hall–Kier alpha value is 0.723. The zero-order valence-electron chi connectivity index (χ0n) is 10.3. The first kappa shape index (κ1) is 14.8. The van der Waals surface area contributed by atoms with E-state index in [2.05, 4.69) is 83.0 Å². The summed E-state index contributed by atoms with van der Waals surface area (Å²) in [4.78, 5) is 0. The SMILES string of the molecule is C[CH2][Ge]([CH2]C)([CH2]C)[C](Br)(Br)c1ccccc1. The quantitative estimate of drug-likeness (QED) is 0.434. The van der Waals surface area contributed by atoms with Crippen molar-refractivity contribution >= 4 is 45.1 Å². The summed E-state index contributed by atoms with van der Waals surface area (Å²) in [7, 11) is 0. The number of alkyl halides is 2. The molecule has 0 atom stereocenters. The molecule has 0 aliphatic carbocycles. The molecule has 90 valence electrons. The van der Waals surface area contributed by atoms with Crippen LogP contribution in [0.5, 0.6) is 0 Å². The first-order chi connectivity index (χ1) is 7.54. The third-order valence-corrected chi connectivity index (χ3v) is 25.4. The summed E-state index contributed by atoms with van der Waals surface area (Å²) in [5.74, 6) is 0. The van der Waals surface area contributed by atoms with Gasteiger partial charge in [0.15, 0.2) is 0 Å². The second-order valence-electron chi connectivity index (χ2n) is 4.28. The molecule has 3 heteroatoms.